The largest absolute Gasteiger partial charge is 0.369 e. The number of aliphatic imine (C=N–C) groups is 1. The van der Waals surface area contributed by atoms with Gasteiger partial charge in [0, 0.05) is 7.05 Å². The molecule has 0 aromatic heterocycles. The molecule has 0 fully saturated rings. The molecule has 1 aromatic rings. The van der Waals surface area contributed by atoms with Gasteiger partial charge in [-0.05, 0) is 11.5 Å². The Morgan fingerprint density at radius 1 is 1.44 bits per heavy atom. The lowest BCUT2D eigenvalue weighted by Gasteiger charge is -2.29. The van der Waals surface area contributed by atoms with E-state index < -0.39 is 5.54 Å². The summed E-state index contributed by atoms with van der Waals surface area (Å²) in [6.45, 7) is 3.91. The van der Waals surface area contributed by atoms with Gasteiger partial charge >= 0.3 is 0 Å². The predicted octanol–water partition coefficient (Wildman–Crippen LogP) is 0.118. The van der Waals surface area contributed by atoms with Crippen LogP contribution in [-0.2, 0) is 10.3 Å². The minimum absolute atomic E-state index is 0.00435. The van der Waals surface area contributed by atoms with Crippen LogP contribution in [-0.4, -0.2) is 31.7 Å². The van der Waals surface area contributed by atoms with Crippen molar-refractivity contribution in [2.75, 3.05) is 7.05 Å². The van der Waals surface area contributed by atoms with E-state index in [0.717, 1.165) is 5.56 Å². The van der Waals surface area contributed by atoms with Gasteiger partial charge in [0.05, 0.1) is 0 Å². The van der Waals surface area contributed by atoms with Crippen LogP contribution in [0.2, 0.25) is 0 Å². The molecule has 1 aromatic carbocycles. The molecule has 0 saturated heterocycles. The van der Waals surface area contributed by atoms with Crippen molar-refractivity contribution in [3.05, 3.63) is 29.8 Å². The standard InChI is InChI=1S/C13H16BN3O/c1-8(2)13(9-5-4-6-10(14)7-9)11(18)17(3)12(15)16-13/h4-8H,1-3H3,(H2,15,16). The number of nitrogens with zero attached hydrogens (tertiary/aromatic N) is 2. The zero-order chi connectivity index (χ0) is 13.5. The van der Waals surface area contributed by atoms with E-state index in [1.807, 2.05) is 26.0 Å². The second-order valence-corrected chi connectivity index (χ2v) is 4.88. The summed E-state index contributed by atoms with van der Waals surface area (Å²) in [5.41, 5.74) is 6.23. The summed E-state index contributed by atoms with van der Waals surface area (Å²) in [5.74, 6) is 0.132. The van der Waals surface area contributed by atoms with Crippen LogP contribution in [0.15, 0.2) is 29.3 Å². The number of carbonyl (C=O) groups excluding carboxylic acids is 1. The highest BCUT2D eigenvalue weighted by Gasteiger charge is 2.50. The van der Waals surface area contributed by atoms with Gasteiger partial charge in [-0.1, -0.05) is 43.6 Å². The average molecular weight is 241 g/mol. The maximum atomic E-state index is 12.5. The molecule has 2 N–H and O–H groups in total. The molecule has 2 radical (unpaired) electrons. The number of amides is 1. The first-order chi connectivity index (χ1) is 8.39. The maximum absolute atomic E-state index is 12.5. The molecular formula is C13H16BN3O. The van der Waals surface area contributed by atoms with Crippen LogP contribution in [0.4, 0.5) is 0 Å². The molecule has 18 heavy (non-hydrogen) atoms. The van der Waals surface area contributed by atoms with E-state index in [1.165, 1.54) is 4.90 Å². The lowest BCUT2D eigenvalue weighted by molar-refractivity contribution is -0.132. The van der Waals surface area contributed by atoms with Gasteiger partial charge < -0.3 is 5.73 Å². The number of hydrogen-bond donors (Lipinski definition) is 1. The van der Waals surface area contributed by atoms with E-state index in [4.69, 9.17) is 13.6 Å². The van der Waals surface area contributed by atoms with Gasteiger partial charge in [0.25, 0.3) is 5.91 Å². The number of rotatable bonds is 2. The van der Waals surface area contributed by atoms with Crippen molar-refractivity contribution in [2.45, 2.75) is 19.4 Å². The van der Waals surface area contributed by atoms with E-state index in [0.29, 0.717) is 5.46 Å². The Bertz CT molecular complexity index is 527. The van der Waals surface area contributed by atoms with Crippen LogP contribution >= 0.6 is 0 Å². The van der Waals surface area contributed by atoms with Crippen molar-refractivity contribution in [2.24, 2.45) is 16.6 Å². The highest BCUT2D eigenvalue weighted by atomic mass is 16.2. The van der Waals surface area contributed by atoms with E-state index in [9.17, 15) is 4.79 Å². The fraction of sp³-hybridized carbons (Fsp3) is 0.385. The predicted molar refractivity (Wildman–Crippen MR) is 72.7 cm³/mol. The minimum atomic E-state index is -0.950. The Hall–Kier alpha value is -1.78. The Morgan fingerprint density at radius 3 is 2.56 bits per heavy atom. The molecule has 0 bridgehead atoms. The summed E-state index contributed by atoms with van der Waals surface area (Å²) in [6, 6.07) is 7.26. The lowest BCUT2D eigenvalue weighted by atomic mass is 9.78. The SMILES string of the molecule is [B]c1cccc(C2(C(C)C)N=C(N)N(C)C2=O)c1. The molecule has 1 aliphatic heterocycles. The van der Waals surface area contributed by atoms with Crippen LogP contribution in [0.3, 0.4) is 0 Å². The third-order valence-electron chi connectivity index (χ3n) is 3.43. The topological polar surface area (TPSA) is 58.7 Å². The number of benzene rings is 1. The molecule has 2 rings (SSSR count). The third-order valence-corrected chi connectivity index (χ3v) is 3.43. The summed E-state index contributed by atoms with van der Waals surface area (Å²) in [5, 5.41) is 0. The second-order valence-electron chi connectivity index (χ2n) is 4.88. The normalized spacial score (nSPS) is 23.7. The Kier molecular flexibility index (Phi) is 2.93. The fourth-order valence-electron chi connectivity index (χ4n) is 2.34. The first-order valence-corrected chi connectivity index (χ1v) is 5.89. The zero-order valence-electron chi connectivity index (χ0n) is 10.8. The molecule has 0 aliphatic carbocycles. The van der Waals surface area contributed by atoms with Gasteiger partial charge in [-0.3, -0.25) is 9.69 Å². The number of carbonyl (C=O) groups is 1. The third kappa shape index (κ3) is 1.62. The number of likely N-dealkylation sites (N-methyl/N-ethyl adjacent to an activating group) is 1. The summed E-state index contributed by atoms with van der Waals surface area (Å²) in [7, 11) is 7.43. The fourth-order valence-corrected chi connectivity index (χ4v) is 2.34. The molecule has 0 saturated carbocycles. The molecule has 0 spiro atoms. The summed E-state index contributed by atoms with van der Waals surface area (Å²) in [4.78, 5) is 18.3. The van der Waals surface area contributed by atoms with Crippen LogP contribution in [0, 0.1) is 5.92 Å². The monoisotopic (exact) mass is 241 g/mol. The maximum Gasteiger partial charge on any atom is 0.261 e. The molecule has 1 unspecified atom stereocenters. The molecular weight excluding hydrogens is 225 g/mol. The lowest BCUT2D eigenvalue weighted by Crippen LogP contribution is -2.43. The zero-order valence-corrected chi connectivity index (χ0v) is 10.8. The Balaban J connectivity index is 2.64. The highest BCUT2D eigenvalue weighted by Crippen LogP contribution is 2.38. The van der Waals surface area contributed by atoms with Gasteiger partial charge in [0.15, 0.2) is 11.5 Å². The quantitative estimate of drug-likeness (QED) is 0.747. The van der Waals surface area contributed by atoms with E-state index in [2.05, 4.69) is 4.99 Å². The molecule has 1 atom stereocenters. The smallest absolute Gasteiger partial charge is 0.261 e. The average Bonchev–Trinajstić information content (AvgIpc) is 2.55. The number of nitrogens with two attached hydrogens (primary N) is 1. The summed E-state index contributed by atoms with van der Waals surface area (Å²) < 4.78 is 0. The van der Waals surface area contributed by atoms with Gasteiger partial charge in [-0.15, -0.1) is 0 Å². The second kappa shape index (κ2) is 4.16. The van der Waals surface area contributed by atoms with E-state index >= 15 is 0 Å². The number of guanidine groups is 1. The number of hydrogen-bond acceptors (Lipinski definition) is 3. The minimum Gasteiger partial charge on any atom is -0.369 e. The molecule has 1 heterocycles. The van der Waals surface area contributed by atoms with Crippen molar-refractivity contribution in [3.63, 3.8) is 0 Å². The summed E-state index contributed by atoms with van der Waals surface area (Å²) >= 11 is 0. The highest BCUT2D eigenvalue weighted by molar-refractivity contribution is 6.32. The van der Waals surface area contributed by atoms with Crippen molar-refractivity contribution < 1.29 is 4.79 Å². The van der Waals surface area contributed by atoms with Gasteiger partial charge in [0.2, 0.25) is 0 Å². The molecule has 1 amide bonds. The molecule has 1 aliphatic rings. The van der Waals surface area contributed by atoms with Crippen LogP contribution < -0.4 is 11.2 Å². The van der Waals surface area contributed by atoms with Crippen molar-refractivity contribution in [1.82, 2.24) is 4.90 Å². The van der Waals surface area contributed by atoms with Gasteiger partial charge in [0.1, 0.15) is 7.85 Å². The first-order valence-electron chi connectivity index (χ1n) is 5.89. The van der Waals surface area contributed by atoms with Crippen LogP contribution in [0.5, 0.6) is 0 Å². The van der Waals surface area contributed by atoms with Gasteiger partial charge in [-0.2, -0.15) is 0 Å². The Labute approximate surface area is 108 Å². The van der Waals surface area contributed by atoms with Crippen molar-refractivity contribution in [1.29, 1.82) is 0 Å². The molecule has 92 valence electrons. The summed E-state index contributed by atoms with van der Waals surface area (Å²) in [6.07, 6.45) is 0. The van der Waals surface area contributed by atoms with Crippen LogP contribution in [0.1, 0.15) is 19.4 Å². The van der Waals surface area contributed by atoms with Crippen LogP contribution in [0.25, 0.3) is 0 Å². The van der Waals surface area contributed by atoms with Gasteiger partial charge in [-0.25, -0.2) is 4.99 Å². The molecule has 5 heteroatoms. The Morgan fingerprint density at radius 2 is 2.11 bits per heavy atom. The van der Waals surface area contributed by atoms with E-state index in [1.54, 1.807) is 19.2 Å². The van der Waals surface area contributed by atoms with Crippen molar-refractivity contribution >= 4 is 25.2 Å². The first kappa shape index (κ1) is 12.7. The molecule has 4 nitrogen and oxygen atoms in total. The van der Waals surface area contributed by atoms with E-state index in [-0.39, 0.29) is 17.8 Å². The van der Waals surface area contributed by atoms with Crippen molar-refractivity contribution in [3.8, 4) is 0 Å².